The molecule has 2 rings (SSSR count). The summed E-state index contributed by atoms with van der Waals surface area (Å²) in [7, 11) is 1.58. The Labute approximate surface area is 127 Å². The molecule has 0 aliphatic rings. The first-order valence-electron chi connectivity index (χ1n) is 6.37. The molecule has 2 aromatic rings. The van der Waals surface area contributed by atoms with Crippen LogP contribution in [0.1, 0.15) is 22.8 Å². The summed E-state index contributed by atoms with van der Waals surface area (Å²) in [5.74, 6) is 0.908. The van der Waals surface area contributed by atoms with Gasteiger partial charge in [-0.05, 0) is 43.3 Å². The maximum absolute atomic E-state index is 13.3. The number of halogens is 1. The molecule has 0 radical (unpaired) electrons. The second-order valence-corrected chi connectivity index (χ2v) is 5.57. The number of ether oxygens (including phenoxy) is 1. The van der Waals surface area contributed by atoms with Crippen LogP contribution in [-0.2, 0) is 5.75 Å². The van der Waals surface area contributed by atoms with E-state index in [1.807, 2.05) is 0 Å². The predicted molar refractivity (Wildman–Crippen MR) is 83.4 cm³/mol. The Morgan fingerprint density at radius 2 is 2.05 bits per heavy atom. The predicted octanol–water partition coefficient (Wildman–Crippen LogP) is 3.91. The second kappa shape index (κ2) is 6.63. The zero-order chi connectivity index (χ0) is 15.4. The highest BCUT2D eigenvalue weighted by molar-refractivity contribution is 7.98. The van der Waals surface area contributed by atoms with Crippen LogP contribution in [0.2, 0.25) is 0 Å². The number of hydrogen-bond acceptors (Lipinski definition) is 4. The zero-order valence-corrected chi connectivity index (χ0v) is 12.7. The molecule has 0 bridgehead atoms. The summed E-state index contributed by atoms with van der Waals surface area (Å²) in [4.78, 5) is 12.1. The summed E-state index contributed by atoms with van der Waals surface area (Å²) >= 11 is 1.41. The fourth-order valence-corrected chi connectivity index (χ4v) is 2.87. The third-order valence-corrected chi connectivity index (χ3v) is 4.17. The standard InChI is InChI=1S/C16H16FNO2S/c1-10(19)11-3-6-15(20-2)12(7-11)9-21-16-8-13(17)4-5-14(16)18/h3-8H,9,18H2,1-2H3. The van der Waals surface area contributed by atoms with Gasteiger partial charge in [-0.3, -0.25) is 4.79 Å². The molecule has 0 atom stereocenters. The van der Waals surface area contributed by atoms with Crippen LogP contribution in [0.15, 0.2) is 41.3 Å². The van der Waals surface area contributed by atoms with E-state index in [9.17, 15) is 9.18 Å². The number of thioether (sulfide) groups is 1. The third kappa shape index (κ3) is 3.76. The summed E-state index contributed by atoms with van der Waals surface area (Å²) in [5.41, 5.74) is 7.86. The molecule has 0 fully saturated rings. The Morgan fingerprint density at radius 3 is 2.71 bits per heavy atom. The lowest BCUT2D eigenvalue weighted by Gasteiger charge is -2.11. The molecular weight excluding hydrogens is 289 g/mol. The summed E-state index contributed by atoms with van der Waals surface area (Å²) < 4.78 is 18.5. The molecule has 0 spiro atoms. The number of ketones is 1. The van der Waals surface area contributed by atoms with Gasteiger partial charge in [-0.1, -0.05) is 0 Å². The maximum atomic E-state index is 13.3. The van der Waals surface area contributed by atoms with Crippen molar-refractivity contribution in [3.8, 4) is 5.75 Å². The maximum Gasteiger partial charge on any atom is 0.159 e. The van der Waals surface area contributed by atoms with E-state index in [-0.39, 0.29) is 11.6 Å². The van der Waals surface area contributed by atoms with Crippen LogP contribution in [0, 0.1) is 5.82 Å². The molecule has 21 heavy (non-hydrogen) atoms. The first-order valence-corrected chi connectivity index (χ1v) is 7.35. The van der Waals surface area contributed by atoms with Crippen LogP contribution in [0.5, 0.6) is 5.75 Å². The first-order chi connectivity index (χ1) is 10.0. The van der Waals surface area contributed by atoms with Crippen molar-refractivity contribution in [2.45, 2.75) is 17.6 Å². The highest BCUT2D eigenvalue weighted by Crippen LogP contribution is 2.32. The van der Waals surface area contributed by atoms with Crippen molar-refractivity contribution in [1.82, 2.24) is 0 Å². The number of carbonyl (C=O) groups is 1. The topological polar surface area (TPSA) is 52.3 Å². The second-order valence-electron chi connectivity index (χ2n) is 4.55. The van der Waals surface area contributed by atoms with Crippen molar-refractivity contribution in [1.29, 1.82) is 0 Å². The average molecular weight is 305 g/mol. The van der Waals surface area contributed by atoms with Crippen LogP contribution in [0.25, 0.3) is 0 Å². The number of carbonyl (C=O) groups excluding carboxylic acids is 1. The fraction of sp³-hybridized carbons (Fsp3) is 0.188. The number of hydrogen-bond donors (Lipinski definition) is 1. The minimum Gasteiger partial charge on any atom is -0.496 e. The minimum absolute atomic E-state index is 0.00540. The number of benzene rings is 2. The smallest absolute Gasteiger partial charge is 0.159 e. The molecule has 0 aliphatic carbocycles. The normalized spacial score (nSPS) is 10.4. The van der Waals surface area contributed by atoms with Gasteiger partial charge in [-0.15, -0.1) is 11.8 Å². The van der Waals surface area contributed by atoms with Crippen molar-refractivity contribution in [3.05, 3.63) is 53.3 Å². The van der Waals surface area contributed by atoms with Gasteiger partial charge >= 0.3 is 0 Å². The van der Waals surface area contributed by atoms with E-state index in [0.717, 1.165) is 5.56 Å². The van der Waals surface area contributed by atoms with Crippen LogP contribution >= 0.6 is 11.8 Å². The number of methoxy groups -OCH3 is 1. The summed E-state index contributed by atoms with van der Waals surface area (Å²) in [6.45, 7) is 1.52. The quantitative estimate of drug-likeness (QED) is 0.517. The van der Waals surface area contributed by atoms with Gasteiger partial charge < -0.3 is 10.5 Å². The molecule has 0 aromatic heterocycles. The molecule has 2 N–H and O–H groups in total. The third-order valence-electron chi connectivity index (χ3n) is 3.05. The van der Waals surface area contributed by atoms with Crippen LogP contribution in [0.4, 0.5) is 10.1 Å². The molecule has 3 nitrogen and oxygen atoms in total. The number of rotatable bonds is 5. The van der Waals surface area contributed by atoms with Crippen molar-refractivity contribution < 1.29 is 13.9 Å². The van der Waals surface area contributed by atoms with E-state index in [4.69, 9.17) is 10.5 Å². The van der Waals surface area contributed by atoms with Crippen molar-refractivity contribution in [2.24, 2.45) is 0 Å². The van der Waals surface area contributed by atoms with E-state index in [2.05, 4.69) is 0 Å². The summed E-state index contributed by atoms with van der Waals surface area (Å²) in [6, 6.07) is 9.57. The Bertz CT molecular complexity index is 673. The summed E-state index contributed by atoms with van der Waals surface area (Å²) in [6.07, 6.45) is 0. The van der Waals surface area contributed by atoms with Crippen molar-refractivity contribution in [3.63, 3.8) is 0 Å². The van der Waals surface area contributed by atoms with Gasteiger partial charge in [0.2, 0.25) is 0 Å². The van der Waals surface area contributed by atoms with E-state index in [1.54, 1.807) is 31.4 Å². The minimum atomic E-state index is -0.323. The van der Waals surface area contributed by atoms with E-state index >= 15 is 0 Å². The zero-order valence-electron chi connectivity index (χ0n) is 11.9. The summed E-state index contributed by atoms with van der Waals surface area (Å²) in [5, 5.41) is 0. The van der Waals surface area contributed by atoms with Gasteiger partial charge in [-0.2, -0.15) is 0 Å². The van der Waals surface area contributed by atoms with E-state index in [1.165, 1.54) is 30.8 Å². The molecule has 0 heterocycles. The van der Waals surface area contributed by atoms with Gasteiger partial charge in [-0.25, -0.2) is 4.39 Å². The Kier molecular flexibility index (Phi) is 4.85. The molecule has 2 aromatic carbocycles. The van der Waals surface area contributed by atoms with Gasteiger partial charge in [0.1, 0.15) is 11.6 Å². The number of nitrogen functional groups attached to an aromatic ring is 1. The Balaban J connectivity index is 2.24. The van der Waals surface area contributed by atoms with Gasteiger partial charge in [0.05, 0.1) is 7.11 Å². The van der Waals surface area contributed by atoms with Crippen LogP contribution in [-0.4, -0.2) is 12.9 Å². The average Bonchev–Trinajstić information content (AvgIpc) is 2.47. The SMILES string of the molecule is COc1ccc(C(C)=O)cc1CSc1cc(F)ccc1N. The van der Waals surface area contributed by atoms with E-state index < -0.39 is 0 Å². The largest absolute Gasteiger partial charge is 0.496 e. The Morgan fingerprint density at radius 1 is 1.29 bits per heavy atom. The molecule has 0 unspecified atom stereocenters. The van der Waals surface area contributed by atoms with Crippen molar-refractivity contribution in [2.75, 3.05) is 12.8 Å². The highest BCUT2D eigenvalue weighted by atomic mass is 32.2. The molecule has 0 saturated carbocycles. The lowest BCUT2D eigenvalue weighted by molar-refractivity contribution is 0.101. The van der Waals surface area contributed by atoms with Crippen LogP contribution in [0.3, 0.4) is 0 Å². The molecule has 0 aliphatic heterocycles. The van der Waals surface area contributed by atoms with Gasteiger partial charge in [0.25, 0.3) is 0 Å². The molecule has 110 valence electrons. The Hall–Kier alpha value is -2.01. The lowest BCUT2D eigenvalue weighted by atomic mass is 10.1. The molecule has 0 saturated heterocycles. The molecule has 5 heteroatoms. The van der Waals surface area contributed by atoms with Crippen LogP contribution < -0.4 is 10.5 Å². The monoisotopic (exact) mass is 305 g/mol. The van der Waals surface area contributed by atoms with E-state index in [0.29, 0.717) is 27.6 Å². The first kappa shape index (κ1) is 15.4. The fourth-order valence-electron chi connectivity index (χ4n) is 1.90. The number of anilines is 1. The molecule has 0 amide bonds. The van der Waals surface area contributed by atoms with Crippen molar-refractivity contribution >= 4 is 23.2 Å². The number of Topliss-reactive ketones (excluding diaryl/α,β-unsaturated/α-hetero) is 1. The highest BCUT2D eigenvalue weighted by Gasteiger charge is 2.09. The lowest BCUT2D eigenvalue weighted by Crippen LogP contribution is -1.97. The number of nitrogens with two attached hydrogens (primary N) is 1. The molecular formula is C16H16FNO2S. The van der Waals surface area contributed by atoms with Gasteiger partial charge in [0.15, 0.2) is 5.78 Å². The van der Waals surface area contributed by atoms with Gasteiger partial charge in [0, 0.05) is 27.5 Å².